The number of esters is 1. The van der Waals surface area contributed by atoms with E-state index < -0.39 is 29.4 Å². The van der Waals surface area contributed by atoms with Crippen LogP contribution in [-0.2, 0) is 14.3 Å². The average Bonchev–Trinajstić information content (AvgIpc) is 3.04. The highest BCUT2D eigenvalue weighted by molar-refractivity contribution is 5.99. The largest absolute Gasteiger partial charge is 0.466 e. The van der Waals surface area contributed by atoms with Crippen molar-refractivity contribution in [2.75, 3.05) is 45.9 Å². The van der Waals surface area contributed by atoms with E-state index in [1.165, 1.54) is 12.1 Å². The van der Waals surface area contributed by atoms with Crippen LogP contribution in [0, 0.1) is 28.5 Å². The lowest BCUT2D eigenvalue weighted by atomic mass is 9.80. The number of halogens is 2. The Hall–Kier alpha value is -3.76. The van der Waals surface area contributed by atoms with E-state index in [0.717, 1.165) is 5.70 Å². The number of nitrogens with zero attached hydrogens (tertiary/aromatic N) is 3. The molecule has 3 aliphatic rings. The second-order valence-corrected chi connectivity index (χ2v) is 13.2. The Morgan fingerprint density at radius 1 is 1.07 bits per heavy atom. The molecule has 0 saturated carbocycles. The molecule has 252 valence electrons. The van der Waals surface area contributed by atoms with Crippen LogP contribution in [0.15, 0.2) is 42.1 Å². The molecule has 2 aliphatic heterocycles. The quantitative estimate of drug-likeness (QED) is 0.214. The fourth-order valence-corrected chi connectivity index (χ4v) is 6.59. The van der Waals surface area contributed by atoms with Gasteiger partial charge in [0, 0.05) is 68.9 Å². The summed E-state index contributed by atoms with van der Waals surface area (Å²) >= 11 is 0. The second kappa shape index (κ2) is 15.2. The Kier molecular flexibility index (Phi) is 11.6. The smallest absolute Gasteiger partial charge is 0.306 e. The minimum atomic E-state index is -0.973. The van der Waals surface area contributed by atoms with Crippen molar-refractivity contribution in [3.05, 3.63) is 59.1 Å². The van der Waals surface area contributed by atoms with Crippen molar-refractivity contribution >= 4 is 23.6 Å². The van der Waals surface area contributed by atoms with Gasteiger partial charge in [0.05, 0.1) is 17.6 Å². The van der Waals surface area contributed by atoms with Crippen LogP contribution in [0.2, 0.25) is 0 Å². The Morgan fingerprint density at radius 3 is 2.33 bits per heavy atom. The number of hydrogen-bond donors (Lipinski definition) is 2. The predicted molar refractivity (Wildman–Crippen MR) is 174 cm³/mol. The molecule has 2 amide bonds. The van der Waals surface area contributed by atoms with Gasteiger partial charge in [0.2, 0.25) is 5.91 Å². The highest BCUT2D eigenvalue weighted by atomic mass is 19.1. The summed E-state index contributed by atoms with van der Waals surface area (Å²) in [4.78, 5) is 44.6. The van der Waals surface area contributed by atoms with E-state index in [1.54, 1.807) is 37.8 Å². The van der Waals surface area contributed by atoms with Gasteiger partial charge in [0.1, 0.15) is 17.8 Å². The van der Waals surface area contributed by atoms with Crippen LogP contribution in [0.3, 0.4) is 0 Å². The number of amidine groups is 1. The third-order valence-corrected chi connectivity index (χ3v) is 9.63. The zero-order valence-electron chi connectivity index (χ0n) is 27.8. The van der Waals surface area contributed by atoms with Gasteiger partial charge < -0.3 is 24.8 Å². The maximum Gasteiger partial charge on any atom is 0.306 e. The number of allylic oxidation sites excluding steroid dienone is 3. The van der Waals surface area contributed by atoms with E-state index in [4.69, 9.17) is 10.1 Å². The van der Waals surface area contributed by atoms with Gasteiger partial charge in [0.25, 0.3) is 5.91 Å². The summed E-state index contributed by atoms with van der Waals surface area (Å²) in [6.45, 7) is 13.0. The third-order valence-electron chi connectivity index (χ3n) is 9.63. The van der Waals surface area contributed by atoms with Crippen LogP contribution in [-0.4, -0.2) is 96.4 Å². The van der Waals surface area contributed by atoms with Gasteiger partial charge in [-0.05, 0) is 70.2 Å². The predicted octanol–water partition coefficient (Wildman–Crippen LogP) is 4.92. The molecular weight excluding hydrogens is 592 g/mol. The van der Waals surface area contributed by atoms with Crippen LogP contribution in [0.5, 0.6) is 0 Å². The van der Waals surface area contributed by atoms with Crippen LogP contribution in [0.1, 0.15) is 76.2 Å². The minimum absolute atomic E-state index is 0.0875. The monoisotopic (exact) mass is 641 g/mol. The van der Waals surface area contributed by atoms with E-state index >= 15 is 4.39 Å². The summed E-state index contributed by atoms with van der Waals surface area (Å²) in [7, 11) is 0. The fourth-order valence-electron chi connectivity index (χ4n) is 6.59. The molecule has 46 heavy (non-hydrogen) atoms. The number of piperidine rings is 1. The summed E-state index contributed by atoms with van der Waals surface area (Å²) in [6, 6.07) is 3.66. The van der Waals surface area contributed by atoms with Crippen LogP contribution >= 0.6 is 0 Å². The topological polar surface area (TPSA) is 106 Å². The summed E-state index contributed by atoms with van der Waals surface area (Å²) < 4.78 is 34.2. The number of rotatable bonds is 10. The lowest BCUT2D eigenvalue weighted by Crippen LogP contribution is -2.54. The number of ether oxygens (including phenoxy) is 1. The zero-order valence-corrected chi connectivity index (χ0v) is 27.8. The van der Waals surface area contributed by atoms with Crippen molar-refractivity contribution in [2.45, 2.75) is 72.5 Å². The SMILES string of the molecule is CCOC(=O)CC1CCN(C(=O)C(C)(C)C(CC)NC(=O)c2ccc(C(=N)N3CCN(C4=CC(C)C(F)C=C4)CC3)cc2F)CC1. The number of alkyl halides is 1. The second-order valence-electron chi connectivity index (χ2n) is 13.2. The zero-order chi connectivity index (χ0) is 33.6. The van der Waals surface area contributed by atoms with Crippen molar-refractivity contribution in [3.8, 4) is 0 Å². The molecule has 11 heteroatoms. The Labute approximate surface area is 271 Å². The molecule has 4 rings (SSSR count). The first-order valence-electron chi connectivity index (χ1n) is 16.5. The van der Waals surface area contributed by atoms with Gasteiger partial charge >= 0.3 is 5.97 Å². The minimum Gasteiger partial charge on any atom is -0.466 e. The molecule has 2 fully saturated rings. The summed E-state index contributed by atoms with van der Waals surface area (Å²) in [5.74, 6) is -1.46. The number of hydrogen-bond acceptors (Lipinski definition) is 6. The first-order chi connectivity index (χ1) is 21.8. The molecule has 2 saturated heterocycles. The van der Waals surface area contributed by atoms with Gasteiger partial charge in [-0.2, -0.15) is 0 Å². The van der Waals surface area contributed by atoms with Crippen LogP contribution in [0.4, 0.5) is 8.78 Å². The normalized spacial score (nSPS) is 21.5. The van der Waals surface area contributed by atoms with Crippen molar-refractivity contribution in [3.63, 3.8) is 0 Å². The highest BCUT2D eigenvalue weighted by Gasteiger charge is 2.41. The van der Waals surface area contributed by atoms with E-state index in [9.17, 15) is 18.8 Å². The molecule has 1 aromatic carbocycles. The molecule has 0 aromatic heterocycles. The van der Waals surface area contributed by atoms with Crippen molar-refractivity contribution < 1.29 is 27.9 Å². The molecular formula is C35H49F2N5O4. The lowest BCUT2D eigenvalue weighted by Gasteiger charge is -2.40. The molecule has 1 aromatic rings. The molecule has 0 radical (unpaired) electrons. The molecule has 0 spiro atoms. The van der Waals surface area contributed by atoms with Gasteiger partial charge in [-0.1, -0.05) is 26.0 Å². The number of likely N-dealkylation sites (tertiary alicyclic amines) is 1. The first-order valence-corrected chi connectivity index (χ1v) is 16.5. The van der Waals surface area contributed by atoms with Crippen LogP contribution in [0.25, 0.3) is 0 Å². The van der Waals surface area contributed by atoms with Crippen molar-refractivity contribution in [2.24, 2.45) is 17.3 Å². The Balaban J connectivity index is 1.32. The maximum atomic E-state index is 15.3. The van der Waals surface area contributed by atoms with Crippen molar-refractivity contribution in [1.29, 1.82) is 5.41 Å². The number of amides is 2. The number of piperazine rings is 1. The lowest BCUT2D eigenvalue weighted by molar-refractivity contribution is -0.145. The fraction of sp³-hybridized carbons (Fsp3) is 0.600. The Bertz CT molecular complexity index is 1350. The third kappa shape index (κ3) is 8.14. The van der Waals surface area contributed by atoms with E-state index in [1.807, 2.05) is 30.9 Å². The van der Waals surface area contributed by atoms with Gasteiger partial charge in [0.15, 0.2) is 0 Å². The molecule has 3 unspecified atom stereocenters. The summed E-state index contributed by atoms with van der Waals surface area (Å²) in [5.41, 5.74) is 0.287. The standard InChI is InChI=1S/C35H49F2N5O4/c1-6-30(35(4,5)34(45)42-14-12-24(13-15-42)21-31(43)46-7-2)39-33(44)27-10-8-25(22-29(27)37)32(38)41-18-16-40(17-19-41)26-9-11-28(36)23(3)20-26/h8-11,20,22-24,28,30,38H,6-7,12-19,21H2,1-5H3,(H,39,44). The molecule has 2 N–H and O–H groups in total. The Morgan fingerprint density at radius 2 is 1.74 bits per heavy atom. The number of carbonyl (C=O) groups excluding carboxylic acids is 3. The molecule has 9 nitrogen and oxygen atoms in total. The van der Waals surface area contributed by atoms with E-state index in [2.05, 4.69) is 10.2 Å². The number of carbonyl (C=O) groups is 3. The van der Waals surface area contributed by atoms with E-state index in [-0.39, 0.29) is 35.1 Å². The molecule has 3 atom stereocenters. The average molecular weight is 642 g/mol. The summed E-state index contributed by atoms with van der Waals surface area (Å²) in [5, 5.41) is 11.6. The molecule has 1 aliphatic carbocycles. The first kappa shape index (κ1) is 35.1. The van der Waals surface area contributed by atoms with E-state index in [0.29, 0.717) is 77.1 Å². The number of benzene rings is 1. The molecule has 2 heterocycles. The highest BCUT2D eigenvalue weighted by Crippen LogP contribution is 2.30. The van der Waals surface area contributed by atoms with Crippen molar-refractivity contribution in [1.82, 2.24) is 20.0 Å². The van der Waals surface area contributed by atoms with Gasteiger partial charge in [-0.3, -0.25) is 19.8 Å². The van der Waals surface area contributed by atoms with Crippen LogP contribution < -0.4 is 5.32 Å². The maximum absolute atomic E-state index is 15.3. The molecule has 0 bridgehead atoms. The number of nitrogens with one attached hydrogen (secondary N) is 2. The van der Waals surface area contributed by atoms with Gasteiger partial charge in [-0.25, -0.2) is 8.78 Å². The summed E-state index contributed by atoms with van der Waals surface area (Å²) in [6.07, 6.45) is 6.60. The van der Waals surface area contributed by atoms with Gasteiger partial charge in [-0.15, -0.1) is 0 Å².